The molecule has 0 spiro atoms. The molecule has 0 fully saturated rings. The average molecular weight is 322 g/mol. The minimum atomic E-state index is -0.357. The van der Waals surface area contributed by atoms with Crippen LogP contribution in [0.5, 0.6) is 0 Å². The molecule has 3 rings (SSSR count). The molecule has 0 aliphatic rings. The average Bonchev–Trinajstić information content (AvgIpc) is 2.85. The Kier molecular flexibility index (Phi) is 3.78. The first-order valence-corrected chi connectivity index (χ1v) is 7.67. The first-order valence-electron chi connectivity index (χ1n) is 6.41. The molecule has 0 N–H and O–H groups in total. The van der Waals surface area contributed by atoms with E-state index in [4.69, 9.17) is 11.6 Å². The van der Waals surface area contributed by atoms with Crippen molar-refractivity contribution >= 4 is 39.5 Å². The smallest absolute Gasteiger partial charge is 0.172 e. The highest BCUT2D eigenvalue weighted by atomic mass is 35.5. The van der Waals surface area contributed by atoms with E-state index in [1.165, 1.54) is 6.20 Å². The van der Waals surface area contributed by atoms with Crippen LogP contribution in [0.3, 0.4) is 0 Å². The number of nitrogens with zero attached hydrogens (tertiary/aromatic N) is 3. The van der Waals surface area contributed by atoms with Crippen molar-refractivity contribution in [3.8, 4) is 0 Å². The van der Waals surface area contributed by atoms with Crippen molar-refractivity contribution in [3.63, 3.8) is 0 Å². The molecule has 2 heterocycles. The van der Waals surface area contributed by atoms with Gasteiger partial charge in [-0.15, -0.1) is 11.3 Å². The number of aromatic nitrogens is 2. The molecule has 0 saturated carbocycles. The normalized spacial score (nSPS) is 11.0. The maximum atomic E-state index is 14.6. The molecule has 3 aromatic rings. The van der Waals surface area contributed by atoms with Crippen LogP contribution >= 0.6 is 22.9 Å². The quantitative estimate of drug-likeness (QED) is 0.714. The Bertz CT molecular complexity index is 803. The third-order valence-corrected chi connectivity index (χ3v) is 4.41. The summed E-state index contributed by atoms with van der Waals surface area (Å²) in [4.78, 5) is 10.3. The van der Waals surface area contributed by atoms with Gasteiger partial charge in [0.1, 0.15) is 5.52 Å². The third-order valence-electron chi connectivity index (χ3n) is 3.25. The highest BCUT2D eigenvalue weighted by Crippen LogP contribution is 2.30. The van der Waals surface area contributed by atoms with Crippen molar-refractivity contribution in [3.05, 3.63) is 51.3 Å². The van der Waals surface area contributed by atoms with Gasteiger partial charge in [0.15, 0.2) is 5.82 Å². The molecule has 6 heteroatoms. The number of anilines is 1. The van der Waals surface area contributed by atoms with Gasteiger partial charge in [-0.1, -0.05) is 11.6 Å². The number of hydrogen-bond donors (Lipinski definition) is 0. The van der Waals surface area contributed by atoms with E-state index >= 15 is 0 Å². The van der Waals surface area contributed by atoms with E-state index in [0.29, 0.717) is 28.2 Å². The predicted octanol–water partition coefficient (Wildman–Crippen LogP) is 4.43. The molecule has 3 nitrogen and oxygen atoms in total. The zero-order chi connectivity index (χ0) is 15.0. The monoisotopic (exact) mass is 321 g/mol. The zero-order valence-corrected chi connectivity index (χ0v) is 13.2. The van der Waals surface area contributed by atoms with Gasteiger partial charge in [0.25, 0.3) is 0 Å². The SMILES string of the molecule is Cc1nc(CN(C)c2ccc3c(Cl)ccnc3c2F)cs1. The summed E-state index contributed by atoms with van der Waals surface area (Å²) >= 11 is 7.65. The maximum absolute atomic E-state index is 14.6. The number of halogens is 2. The van der Waals surface area contributed by atoms with Crippen molar-refractivity contribution in [2.24, 2.45) is 0 Å². The van der Waals surface area contributed by atoms with Gasteiger partial charge in [0.2, 0.25) is 0 Å². The molecule has 0 saturated heterocycles. The van der Waals surface area contributed by atoms with Crippen LogP contribution in [0.15, 0.2) is 29.8 Å². The van der Waals surface area contributed by atoms with Crippen LogP contribution in [0.4, 0.5) is 10.1 Å². The number of aryl methyl sites for hydroxylation is 1. The minimum absolute atomic E-state index is 0.293. The lowest BCUT2D eigenvalue weighted by Crippen LogP contribution is -2.18. The molecule has 0 bridgehead atoms. The molecule has 1 aromatic carbocycles. The standard InChI is InChI=1S/C15H13ClFN3S/c1-9-19-10(8-21-9)7-20(2)13-4-3-11-12(16)5-6-18-15(11)14(13)17/h3-6,8H,7H2,1-2H3. The van der Waals surface area contributed by atoms with Gasteiger partial charge in [-0.3, -0.25) is 4.98 Å². The fourth-order valence-electron chi connectivity index (χ4n) is 2.24. The topological polar surface area (TPSA) is 29.0 Å². The summed E-state index contributed by atoms with van der Waals surface area (Å²) in [6.45, 7) is 2.50. The van der Waals surface area contributed by atoms with Crippen molar-refractivity contribution in [2.75, 3.05) is 11.9 Å². The molecule has 108 valence electrons. The highest BCUT2D eigenvalue weighted by Gasteiger charge is 2.14. The maximum Gasteiger partial charge on any atom is 0.172 e. The summed E-state index contributed by atoms with van der Waals surface area (Å²) in [5, 5.41) is 4.12. The Labute approximate surface area is 131 Å². The Morgan fingerprint density at radius 3 is 2.86 bits per heavy atom. The van der Waals surface area contributed by atoms with E-state index in [1.807, 2.05) is 24.3 Å². The highest BCUT2D eigenvalue weighted by molar-refractivity contribution is 7.09. The van der Waals surface area contributed by atoms with Crippen LogP contribution in [-0.2, 0) is 6.54 Å². The summed E-state index contributed by atoms with van der Waals surface area (Å²) in [7, 11) is 1.84. The molecule has 0 aliphatic carbocycles. The van der Waals surface area contributed by atoms with Crippen LogP contribution in [0, 0.1) is 12.7 Å². The fourth-order valence-corrected chi connectivity index (χ4v) is 3.06. The number of benzene rings is 1. The first kappa shape index (κ1) is 14.2. The fraction of sp³-hybridized carbons (Fsp3) is 0.200. The molecule has 0 unspecified atom stereocenters. The van der Waals surface area contributed by atoms with Crippen LogP contribution in [0.25, 0.3) is 10.9 Å². The Morgan fingerprint density at radius 2 is 2.14 bits per heavy atom. The van der Waals surface area contributed by atoms with Crippen LogP contribution in [-0.4, -0.2) is 17.0 Å². The number of fused-ring (bicyclic) bond motifs is 1. The predicted molar refractivity (Wildman–Crippen MR) is 85.7 cm³/mol. The lowest BCUT2D eigenvalue weighted by Gasteiger charge is -2.19. The second kappa shape index (κ2) is 5.58. The molecule has 21 heavy (non-hydrogen) atoms. The Balaban J connectivity index is 1.98. The van der Waals surface area contributed by atoms with Gasteiger partial charge < -0.3 is 4.90 Å². The summed E-state index contributed by atoms with van der Waals surface area (Å²) in [5.41, 5.74) is 1.71. The largest absolute Gasteiger partial charge is 0.366 e. The Hall–Kier alpha value is -1.72. The summed E-state index contributed by atoms with van der Waals surface area (Å²) in [6, 6.07) is 5.18. The van der Waals surface area contributed by atoms with Gasteiger partial charge >= 0.3 is 0 Å². The van der Waals surface area contributed by atoms with Gasteiger partial charge in [-0.25, -0.2) is 9.37 Å². The molecular formula is C15H13ClFN3S. The van der Waals surface area contributed by atoms with E-state index in [0.717, 1.165) is 10.7 Å². The van der Waals surface area contributed by atoms with E-state index in [2.05, 4.69) is 9.97 Å². The molecule has 0 atom stereocenters. The summed E-state index contributed by atoms with van der Waals surface area (Å²) in [6.07, 6.45) is 1.52. The lowest BCUT2D eigenvalue weighted by atomic mass is 10.1. The first-order chi connectivity index (χ1) is 10.1. The number of pyridine rings is 1. The van der Waals surface area contributed by atoms with Crippen LogP contribution in [0.1, 0.15) is 10.7 Å². The molecule has 0 aliphatic heterocycles. The Morgan fingerprint density at radius 1 is 1.33 bits per heavy atom. The minimum Gasteiger partial charge on any atom is -0.366 e. The van der Waals surface area contributed by atoms with E-state index in [1.54, 1.807) is 29.5 Å². The van der Waals surface area contributed by atoms with Crippen LogP contribution < -0.4 is 4.90 Å². The van der Waals surface area contributed by atoms with Crippen molar-refractivity contribution in [2.45, 2.75) is 13.5 Å². The second-order valence-corrected chi connectivity index (χ2v) is 6.27. The molecule has 2 aromatic heterocycles. The van der Waals surface area contributed by atoms with Crippen molar-refractivity contribution in [1.29, 1.82) is 0 Å². The van der Waals surface area contributed by atoms with Gasteiger partial charge in [0.05, 0.1) is 28.0 Å². The molecular weight excluding hydrogens is 309 g/mol. The van der Waals surface area contributed by atoms with Crippen LogP contribution in [0.2, 0.25) is 5.02 Å². The zero-order valence-electron chi connectivity index (χ0n) is 11.6. The van der Waals surface area contributed by atoms with Gasteiger partial charge in [-0.2, -0.15) is 0 Å². The van der Waals surface area contributed by atoms with E-state index in [-0.39, 0.29) is 5.82 Å². The van der Waals surface area contributed by atoms with Crippen molar-refractivity contribution in [1.82, 2.24) is 9.97 Å². The van der Waals surface area contributed by atoms with E-state index in [9.17, 15) is 4.39 Å². The van der Waals surface area contributed by atoms with Gasteiger partial charge in [-0.05, 0) is 25.1 Å². The molecule has 0 radical (unpaired) electrons. The summed E-state index contributed by atoms with van der Waals surface area (Å²) in [5.74, 6) is -0.357. The van der Waals surface area contributed by atoms with Gasteiger partial charge in [0, 0.05) is 24.0 Å². The number of hydrogen-bond acceptors (Lipinski definition) is 4. The van der Waals surface area contributed by atoms with Crippen molar-refractivity contribution < 1.29 is 4.39 Å². The molecule has 0 amide bonds. The summed E-state index contributed by atoms with van der Waals surface area (Å²) < 4.78 is 14.6. The third kappa shape index (κ3) is 2.71. The second-order valence-electron chi connectivity index (χ2n) is 4.80. The lowest BCUT2D eigenvalue weighted by molar-refractivity contribution is 0.630. The van der Waals surface area contributed by atoms with E-state index < -0.39 is 0 Å². The number of rotatable bonds is 3. The number of thiazole rings is 1.